The monoisotopic (exact) mass is 776 g/mol. The molecular weight excluding hydrogens is 717 g/mol. The lowest BCUT2D eigenvalue weighted by molar-refractivity contribution is -0.0643. The van der Waals surface area contributed by atoms with E-state index in [0.29, 0.717) is 22.3 Å². The maximum absolute atomic E-state index is 14.0. The van der Waals surface area contributed by atoms with E-state index in [-0.39, 0.29) is 21.7 Å². The fourth-order valence-electron chi connectivity index (χ4n) is 6.70. The van der Waals surface area contributed by atoms with Crippen molar-refractivity contribution in [3.05, 3.63) is 142 Å². The van der Waals surface area contributed by atoms with Gasteiger partial charge in [0.25, 0.3) is 0 Å². The van der Waals surface area contributed by atoms with Gasteiger partial charge in [-0.25, -0.2) is 19.2 Å². The van der Waals surface area contributed by atoms with E-state index >= 15 is 0 Å². The lowest BCUT2D eigenvalue weighted by Crippen LogP contribution is -2.44. The van der Waals surface area contributed by atoms with E-state index in [1.807, 2.05) is 132 Å². The van der Waals surface area contributed by atoms with Crippen molar-refractivity contribution in [3.8, 4) is 0 Å². The van der Waals surface area contributed by atoms with Crippen LogP contribution in [-0.2, 0) is 40.6 Å². The molecule has 0 spiro atoms. The molecule has 0 bridgehead atoms. The van der Waals surface area contributed by atoms with Crippen molar-refractivity contribution in [2.45, 2.75) is 105 Å². The highest BCUT2D eigenvalue weighted by atomic mass is 16.6. The molecule has 4 aromatic carbocycles. The normalized spacial score (nSPS) is 12.4. The van der Waals surface area contributed by atoms with Crippen LogP contribution >= 0.6 is 0 Å². The van der Waals surface area contributed by atoms with Gasteiger partial charge in [-0.05, 0) is 68.2 Å². The van der Waals surface area contributed by atoms with Crippen LogP contribution in [-0.4, -0.2) is 50.3 Å². The highest BCUT2D eigenvalue weighted by Crippen LogP contribution is 2.32. The molecule has 8 heteroatoms. The zero-order valence-corrected chi connectivity index (χ0v) is 35.8. The fourth-order valence-corrected chi connectivity index (χ4v) is 6.70. The number of hydrogen-bond acceptors (Lipinski definition) is 8. The number of benzene rings is 4. The fraction of sp³-hybridized carbons (Fsp3) is 0.429. The second-order valence-electron chi connectivity index (χ2n) is 19.0. The number of ether oxygens (including phenoxy) is 4. The Balaban J connectivity index is 1.79. The molecule has 0 saturated carbocycles. The first-order valence-electron chi connectivity index (χ1n) is 19.5. The summed E-state index contributed by atoms with van der Waals surface area (Å²) in [7, 11) is 0. The summed E-state index contributed by atoms with van der Waals surface area (Å²) in [4.78, 5) is 55.8. The van der Waals surface area contributed by atoms with Gasteiger partial charge in [-0.1, -0.05) is 156 Å². The van der Waals surface area contributed by atoms with Crippen molar-refractivity contribution < 1.29 is 38.1 Å². The average Bonchev–Trinajstić information content (AvgIpc) is 3.15. The molecule has 4 aromatic rings. The van der Waals surface area contributed by atoms with Gasteiger partial charge < -0.3 is 18.9 Å². The van der Waals surface area contributed by atoms with Gasteiger partial charge in [0.05, 0.1) is 22.3 Å². The van der Waals surface area contributed by atoms with Gasteiger partial charge >= 0.3 is 23.9 Å². The summed E-state index contributed by atoms with van der Waals surface area (Å²) >= 11 is 0. The second-order valence-corrected chi connectivity index (χ2v) is 19.0. The Labute approximate surface area is 339 Å². The second kappa shape index (κ2) is 17.5. The molecule has 0 heterocycles. The number of carbonyl (C=O) groups is 4. The number of esters is 4. The molecule has 4 rings (SSSR count). The molecule has 0 aliphatic heterocycles. The van der Waals surface area contributed by atoms with Crippen LogP contribution in [0.4, 0.5) is 0 Å². The van der Waals surface area contributed by atoms with E-state index < -0.39 is 55.7 Å². The quantitative estimate of drug-likeness (QED) is 0.103. The molecule has 0 radical (unpaired) electrons. The van der Waals surface area contributed by atoms with Crippen molar-refractivity contribution in [1.82, 2.24) is 0 Å². The van der Waals surface area contributed by atoms with Gasteiger partial charge in [0.2, 0.25) is 0 Å². The van der Waals surface area contributed by atoms with E-state index in [1.54, 1.807) is 48.5 Å². The van der Waals surface area contributed by atoms with Gasteiger partial charge in [-0.15, -0.1) is 0 Å². The van der Waals surface area contributed by atoms with Crippen molar-refractivity contribution in [2.75, 3.05) is 26.4 Å². The van der Waals surface area contributed by atoms with Gasteiger partial charge in [-0.2, -0.15) is 0 Å². The van der Waals surface area contributed by atoms with E-state index in [0.717, 1.165) is 22.3 Å². The van der Waals surface area contributed by atoms with Gasteiger partial charge in [0.1, 0.15) is 31.8 Å². The molecule has 0 N–H and O–H groups in total. The topological polar surface area (TPSA) is 105 Å². The predicted molar refractivity (Wildman–Crippen MR) is 224 cm³/mol. The van der Waals surface area contributed by atoms with Gasteiger partial charge in [0, 0.05) is 0 Å². The minimum Gasteiger partial charge on any atom is -0.461 e. The van der Waals surface area contributed by atoms with Gasteiger partial charge in [-0.3, -0.25) is 0 Å². The van der Waals surface area contributed by atoms with Crippen LogP contribution in [0.25, 0.3) is 0 Å². The summed E-state index contributed by atoms with van der Waals surface area (Å²) in [5, 5.41) is 0. The first kappa shape index (κ1) is 44.5. The molecule has 0 saturated heterocycles. The van der Waals surface area contributed by atoms with E-state index in [4.69, 9.17) is 18.9 Å². The Morgan fingerprint density at radius 2 is 0.509 bits per heavy atom. The summed E-state index contributed by atoms with van der Waals surface area (Å²) in [6.07, 6.45) is 0. The van der Waals surface area contributed by atoms with Crippen molar-refractivity contribution in [3.63, 3.8) is 0 Å². The molecule has 57 heavy (non-hydrogen) atoms. The predicted octanol–water partition coefficient (Wildman–Crippen LogP) is 10.6. The van der Waals surface area contributed by atoms with Crippen LogP contribution in [0.5, 0.6) is 0 Å². The van der Waals surface area contributed by atoms with Crippen LogP contribution in [0.1, 0.15) is 147 Å². The third-order valence-electron chi connectivity index (χ3n) is 9.86. The molecule has 0 unspecified atom stereocenters. The summed E-state index contributed by atoms with van der Waals surface area (Å²) in [5.74, 6) is -2.49. The van der Waals surface area contributed by atoms with Crippen LogP contribution in [0.15, 0.2) is 97.1 Å². The lowest BCUT2D eigenvalue weighted by Gasteiger charge is -2.33. The van der Waals surface area contributed by atoms with E-state index in [2.05, 4.69) is 0 Å². The Kier molecular flexibility index (Phi) is 13.7. The van der Waals surface area contributed by atoms with E-state index in [9.17, 15) is 19.2 Å². The minimum absolute atomic E-state index is 0.363. The molecule has 0 aliphatic carbocycles. The van der Waals surface area contributed by atoms with Crippen LogP contribution in [0, 0.1) is 5.41 Å². The molecule has 8 nitrogen and oxygen atoms in total. The first-order chi connectivity index (χ1) is 26.4. The van der Waals surface area contributed by atoms with Crippen molar-refractivity contribution in [2.24, 2.45) is 5.41 Å². The van der Waals surface area contributed by atoms with E-state index in [1.165, 1.54) is 0 Å². The molecular formula is C49H60O8. The Morgan fingerprint density at radius 3 is 0.684 bits per heavy atom. The minimum atomic E-state index is -1.53. The largest absolute Gasteiger partial charge is 0.461 e. The molecule has 0 aliphatic rings. The molecule has 0 aromatic heterocycles. The number of rotatable bonds is 12. The van der Waals surface area contributed by atoms with Crippen molar-refractivity contribution in [1.29, 1.82) is 0 Å². The average molecular weight is 777 g/mol. The smallest absolute Gasteiger partial charge is 0.338 e. The molecule has 0 atom stereocenters. The standard InChI is InChI=1S/C49H60O8/c1-45(2,3)37-25-17-13-21-33(37)41(50)54-29-49(30-55-42(51)34-22-14-18-26-38(34)46(4,5)6,31-56-43(52)35-23-15-19-27-39(35)47(7,8)9)32-57-44(53)36-24-16-20-28-40(36)48(10,11)12/h13-28H,29-32H2,1-12H3. The Morgan fingerprint density at radius 1 is 0.333 bits per heavy atom. The first-order valence-corrected chi connectivity index (χ1v) is 19.5. The molecule has 0 fully saturated rings. The zero-order chi connectivity index (χ0) is 42.4. The number of hydrogen-bond donors (Lipinski definition) is 0. The van der Waals surface area contributed by atoms with Crippen molar-refractivity contribution >= 4 is 23.9 Å². The third-order valence-corrected chi connectivity index (χ3v) is 9.86. The summed E-state index contributed by atoms with van der Waals surface area (Å²) in [6, 6.07) is 28.8. The highest BCUT2D eigenvalue weighted by Gasteiger charge is 2.40. The summed E-state index contributed by atoms with van der Waals surface area (Å²) in [6.45, 7) is 22.4. The third kappa shape index (κ3) is 11.4. The van der Waals surface area contributed by atoms with Crippen LogP contribution in [0.3, 0.4) is 0 Å². The zero-order valence-electron chi connectivity index (χ0n) is 35.8. The molecule has 0 amide bonds. The van der Waals surface area contributed by atoms with Crippen LogP contribution < -0.4 is 0 Å². The Bertz CT molecular complexity index is 1760. The van der Waals surface area contributed by atoms with Gasteiger partial charge in [0.15, 0.2) is 0 Å². The SMILES string of the molecule is CC(C)(C)c1ccccc1C(=O)OCC(COC(=O)c1ccccc1C(C)(C)C)(COC(=O)c1ccccc1C(C)(C)C)COC(=O)c1ccccc1C(C)(C)C. The maximum atomic E-state index is 14.0. The number of carbonyl (C=O) groups excluding carboxylic acids is 4. The summed E-state index contributed by atoms with van der Waals surface area (Å²) < 4.78 is 24.3. The highest BCUT2D eigenvalue weighted by molar-refractivity contribution is 5.93. The van der Waals surface area contributed by atoms with Crippen LogP contribution in [0.2, 0.25) is 0 Å². The summed E-state index contributed by atoms with van der Waals surface area (Å²) in [5.41, 5.74) is 1.52. The maximum Gasteiger partial charge on any atom is 0.338 e. The lowest BCUT2D eigenvalue weighted by atomic mass is 9.83. The Hall–Kier alpha value is -5.24. The molecule has 304 valence electrons.